The Hall–Kier alpha value is -0.610. The number of ether oxygens (including phenoxy) is 1. The lowest BCUT2D eigenvalue weighted by Gasteiger charge is -2.24. The molecule has 2 fully saturated rings. The molecule has 1 aliphatic heterocycles. The topological polar surface area (TPSA) is 64.4 Å². The molecule has 1 amide bonds. The van der Waals surface area contributed by atoms with Crippen molar-refractivity contribution >= 4 is 5.91 Å². The summed E-state index contributed by atoms with van der Waals surface area (Å²) in [6, 6.07) is 0. The van der Waals surface area contributed by atoms with Crippen molar-refractivity contribution < 1.29 is 9.53 Å². The van der Waals surface area contributed by atoms with Gasteiger partial charge in [0.05, 0.1) is 6.61 Å². The van der Waals surface area contributed by atoms with Crippen LogP contribution < -0.4 is 11.1 Å². The molecule has 0 radical (unpaired) electrons. The highest BCUT2D eigenvalue weighted by atomic mass is 16.5. The fraction of sp³-hybridized carbons (Fsp3) is 0.923. The quantitative estimate of drug-likeness (QED) is 0.767. The van der Waals surface area contributed by atoms with Crippen LogP contribution in [-0.4, -0.2) is 32.2 Å². The van der Waals surface area contributed by atoms with Crippen molar-refractivity contribution in [1.29, 1.82) is 0 Å². The Labute approximate surface area is 103 Å². The summed E-state index contributed by atoms with van der Waals surface area (Å²) in [5.74, 6) is 0.736. The van der Waals surface area contributed by atoms with Crippen LogP contribution in [0, 0.1) is 17.3 Å². The first kappa shape index (κ1) is 12.8. The summed E-state index contributed by atoms with van der Waals surface area (Å²) < 4.78 is 5.39. The maximum absolute atomic E-state index is 12.1. The van der Waals surface area contributed by atoms with Crippen molar-refractivity contribution in [2.24, 2.45) is 23.0 Å². The predicted octanol–water partition coefficient (Wildman–Crippen LogP) is 0.904. The number of amides is 1. The van der Waals surface area contributed by atoms with Crippen LogP contribution >= 0.6 is 0 Å². The molecule has 2 aliphatic rings. The molecule has 0 spiro atoms. The Morgan fingerprint density at radius 1 is 1.53 bits per heavy atom. The Kier molecular flexibility index (Phi) is 4.05. The second-order valence-electron chi connectivity index (χ2n) is 5.86. The molecule has 1 saturated heterocycles. The van der Waals surface area contributed by atoms with Gasteiger partial charge in [-0.1, -0.05) is 13.3 Å². The second kappa shape index (κ2) is 5.36. The van der Waals surface area contributed by atoms with E-state index in [2.05, 4.69) is 12.2 Å². The number of carbonyl (C=O) groups is 1. The molecule has 4 heteroatoms. The van der Waals surface area contributed by atoms with Crippen LogP contribution in [0.2, 0.25) is 0 Å². The van der Waals surface area contributed by atoms with Gasteiger partial charge in [0, 0.05) is 24.5 Å². The molecular weight excluding hydrogens is 216 g/mol. The Bertz CT molecular complexity index is 275. The zero-order chi connectivity index (χ0) is 12.3. The Morgan fingerprint density at radius 3 is 3.00 bits per heavy atom. The average molecular weight is 240 g/mol. The third-order valence-electron chi connectivity index (χ3n) is 4.29. The van der Waals surface area contributed by atoms with Crippen LogP contribution in [0.15, 0.2) is 0 Å². The van der Waals surface area contributed by atoms with Crippen molar-refractivity contribution in [3.05, 3.63) is 0 Å². The van der Waals surface area contributed by atoms with E-state index in [1.807, 2.05) is 0 Å². The fourth-order valence-electron chi connectivity index (χ4n) is 2.94. The molecule has 0 aromatic rings. The van der Waals surface area contributed by atoms with Crippen LogP contribution in [0.25, 0.3) is 0 Å². The van der Waals surface area contributed by atoms with E-state index in [0.717, 1.165) is 45.4 Å². The lowest BCUT2D eigenvalue weighted by atomic mass is 9.89. The highest BCUT2D eigenvalue weighted by molar-refractivity contribution is 5.79. The number of hydrogen-bond acceptors (Lipinski definition) is 3. The summed E-state index contributed by atoms with van der Waals surface area (Å²) >= 11 is 0. The van der Waals surface area contributed by atoms with E-state index in [9.17, 15) is 4.79 Å². The van der Waals surface area contributed by atoms with Gasteiger partial charge in [0.15, 0.2) is 0 Å². The molecule has 17 heavy (non-hydrogen) atoms. The largest absolute Gasteiger partial charge is 0.381 e. The average Bonchev–Trinajstić information content (AvgIpc) is 2.95. The van der Waals surface area contributed by atoms with E-state index >= 15 is 0 Å². The van der Waals surface area contributed by atoms with Crippen molar-refractivity contribution in [3.8, 4) is 0 Å². The molecule has 0 aromatic carbocycles. The van der Waals surface area contributed by atoms with E-state index in [0.29, 0.717) is 12.5 Å². The number of hydrogen-bond donors (Lipinski definition) is 2. The highest BCUT2D eigenvalue weighted by Crippen LogP contribution is 2.32. The first-order chi connectivity index (χ1) is 8.14. The summed E-state index contributed by atoms with van der Waals surface area (Å²) in [7, 11) is 0. The van der Waals surface area contributed by atoms with Gasteiger partial charge in [0.1, 0.15) is 0 Å². The van der Waals surface area contributed by atoms with Gasteiger partial charge < -0.3 is 15.8 Å². The third kappa shape index (κ3) is 2.99. The van der Waals surface area contributed by atoms with Gasteiger partial charge in [-0.3, -0.25) is 4.79 Å². The van der Waals surface area contributed by atoms with E-state index in [1.165, 1.54) is 0 Å². The van der Waals surface area contributed by atoms with Crippen LogP contribution in [0.1, 0.15) is 32.6 Å². The van der Waals surface area contributed by atoms with Gasteiger partial charge in [-0.05, 0) is 31.7 Å². The molecule has 0 aromatic heterocycles. The van der Waals surface area contributed by atoms with Gasteiger partial charge in [-0.15, -0.1) is 0 Å². The summed E-state index contributed by atoms with van der Waals surface area (Å²) in [6.45, 7) is 5.13. The molecule has 1 heterocycles. The first-order valence-electron chi connectivity index (χ1n) is 6.70. The SMILES string of the molecule is CC1(CNC(=O)[C@@H]2CCC[C@@H]2CN)CCOC1. The van der Waals surface area contributed by atoms with E-state index < -0.39 is 0 Å². The minimum Gasteiger partial charge on any atom is -0.381 e. The van der Waals surface area contributed by atoms with E-state index in [-0.39, 0.29) is 17.2 Å². The van der Waals surface area contributed by atoms with Crippen LogP contribution in [0.3, 0.4) is 0 Å². The molecule has 1 aliphatic carbocycles. The van der Waals surface area contributed by atoms with E-state index in [1.54, 1.807) is 0 Å². The van der Waals surface area contributed by atoms with Crippen LogP contribution in [0.5, 0.6) is 0 Å². The van der Waals surface area contributed by atoms with Gasteiger partial charge in [-0.2, -0.15) is 0 Å². The van der Waals surface area contributed by atoms with Gasteiger partial charge in [-0.25, -0.2) is 0 Å². The van der Waals surface area contributed by atoms with Crippen molar-refractivity contribution in [1.82, 2.24) is 5.32 Å². The molecule has 1 unspecified atom stereocenters. The van der Waals surface area contributed by atoms with Crippen molar-refractivity contribution in [3.63, 3.8) is 0 Å². The molecule has 3 N–H and O–H groups in total. The molecular formula is C13H24N2O2. The van der Waals surface area contributed by atoms with Gasteiger partial charge >= 0.3 is 0 Å². The fourth-order valence-corrected chi connectivity index (χ4v) is 2.94. The molecule has 3 atom stereocenters. The number of nitrogens with one attached hydrogen (secondary N) is 1. The number of rotatable bonds is 4. The van der Waals surface area contributed by atoms with Gasteiger partial charge in [0.25, 0.3) is 0 Å². The zero-order valence-corrected chi connectivity index (χ0v) is 10.7. The Morgan fingerprint density at radius 2 is 2.35 bits per heavy atom. The lowest BCUT2D eigenvalue weighted by Crippen LogP contribution is -2.41. The second-order valence-corrected chi connectivity index (χ2v) is 5.86. The minimum absolute atomic E-state index is 0.131. The number of carbonyl (C=O) groups excluding carboxylic acids is 1. The number of nitrogens with two attached hydrogens (primary N) is 1. The molecule has 98 valence electrons. The standard InChI is InChI=1S/C13H24N2O2/c1-13(5-6-17-9-13)8-15-12(16)11-4-2-3-10(11)7-14/h10-11H,2-9,14H2,1H3,(H,15,16)/t10-,11-,13?/m1/s1. The van der Waals surface area contributed by atoms with E-state index in [4.69, 9.17) is 10.5 Å². The molecule has 2 rings (SSSR count). The predicted molar refractivity (Wildman–Crippen MR) is 66.4 cm³/mol. The summed E-state index contributed by atoms with van der Waals surface area (Å²) in [5, 5.41) is 3.10. The normalized spacial score (nSPS) is 37.3. The minimum atomic E-state index is 0.131. The maximum Gasteiger partial charge on any atom is 0.223 e. The smallest absolute Gasteiger partial charge is 0.223 e. The first-order valence-corrected chi connectivity index (χ1v) is 6.70. The van der Waals surface area contributed by atoms with Crippen LogP contribution in [0.4, 0.5) is 0 Å². The van der Waals surface area contributed by atoms with Gasteiger partial charge in [0.2, 0.25) is 5.91 Å². The summed E-state index contributed by atoms with van der Waals surface area (Å²) in [5.41, 5.74) is 5.84. The molecule has 0 bridgehead atoms. The monoisotopic (exact) mass is 240 g/mol. The lowest BCUT2D eigenvalue weighted by molar-refractivity contribution is -0.126. The molecule has 4 nitrogen and oxygen atoms in total. The van der Waals surface area contributed by atoms with Crippen molar-refractivity contribution in [2.75, 3.05) is 26.3 Å². The Balaban J connectivity index is 1.80. The third-order valence-corrected chi connectivity index (χ3v) is 4.29. The summed E-state index contributed by atoms with van der Waals surface area (Å²) in [6.07, 6.45) is 4.29. The maximum atomic E-state index is 12.1. The van der Waals surface area contributed by atoms with Crippen molar-refractivity contribution in [2.45, 2.75) is 32.6 Å². The van der Waals surface area contributed by atoms with Crippen LogP contribution in [-0.2, 0) is 9.53 Å². The highest BCUT2D eigenvalue weighted by Gasteiger charge is 2.34. The summed E-state index contributed by atoms with van der Waals surface area (Å²) in [4.78, 5) is 12.1. The zero-order valence-electron chi connectivity index (χ0n) is 10.7. The molecule has 1 saturated carbocycles.